The Hall–Kier alpha value is -0.610. The van der Waals surface area contributed by atoms with E-state index in [4.69, 9.17) is 5.73 Å². The SMILES string of the molecule is CCCC(O)(CN(CC)CC)C(N)=O. The minimum Gasteiger partial charge on any atom is -0.379 e. The average Bonchev–Trinajstić information content (AvgIpc) is 2.14. The van der Waals surface area contributed by atoms with Crippen molar-refractivity contribution in [2.75, 3.05) is 19.6 Å². The van der Waals surface area contributed by atoms with Crippen molar-refractivity contribution in [2.45, 2.75) is 39.2 Å². The van der Waals surface area contributed by atoms with Gasteiger partial charge in [0.05, 0.1) is 0 Å². The first-order valence-corrected chi connectivity index (χ1v) is 5.24. The average molecular weight is 202 g/mol. The predicted molar refractivity (Wildman–Crippen MR) is 56.8 cm³/mol. The Labute approximate surface area is 86.1 Å². The van der Waals surface area contributed by atoms with Gasteiger partial charge in [0.1, 0.15) is 0 Å². The van der Waals surface area contributed by atoms with Crippen molar-refractivity contribution in [1.82, 2.24) is 4.90 Å². The lowest BCUT2D eigenvalue weighted by molar-refractivity contribution is -0.139. The molecule has 3 N–H and O–H groups in total. The molecule has 14 heavy (non-hydrogen) atoms. The fraction of sp³-hybridized carbons (Fsp3) is 0.900. The topological polar surface area (TPSA) is 66.6 Å². The first-order valence-electron chi connectivity index (χ1n) is 5.24. The van der Waals surface area contributed by atoms with Crippen LogP contribution in [0.4, 0.5) is 0 Å². The molecular weight excluding hydrogens is 180 g/mol. The minimum absolute atomic E-state index is 0.336. The van der Waals surface area contributed by atoms with E-state index in [1.807, 2.05) is 25.7 Å². The maximum absolute atomic E-state index is 11.1. The molecule has 0 fully saturated rings. The number of carbonyl (C=O) groups is 1. The van der Waals surface area contributed by atoms with Crippen molar-refractivity contribution in [3.63, 3.8) is 0 Å². The molecule has 0 aromatic rings. The molecule has 0 heterocycles. The van der Waals surface area contributed by atoms with Crippen LogP contribution in [0.3, 0.4) is 0 Å². The van der Waals surface area contributed by atoms with Crippen LogP contribution in [0.25, 0.3) is 0 Å². The monoisotopic (exact) mass is 202 g/mol. The highest BCUT2D eigenvalue weighted by Gasteiger charge is 2.34. The van der Waals surface area contributed by atoms with Gasteiger partial charge in [-0.25, -0.2) is 0 Å². The molecule has 1 amide bonds. The van der Waals surface area contributed by atoms with Crippen molar-refractivity contribution in [2.24, 2.45) is 5.73 Å². The fourth-order valence-electron chi connectivity index (χ4n) is 1.51. The summed E-state index contributed by atoms with van der Waals surface area (Å²) < 4.78 is 0. The first kappa shape index (κ1) is 13.4. The lowest BCUT2D eigenvalue weighted by atomic mass is 9.96. The van der Waals surface area contributed by atoms with Crippen molar-refractivity contribution in [3.8, 4) is 0 Å². The van der Waals surface area contributed by atoms with Gasteiger partial charge >= 0.3 is 0 Å². The third kappa shape index (κ3) is 3.64. The number of hydrogen-bond donors (Lipinski definition) is 2. The summed E-state index contributed by atoms with van der Waals surface area (Å²) in [6.07, 6.45) is 1.18. The van der Waals surface area contributed by atoms with E-state index < -0.39 is 11.5 Å². The predicted octanol–water partition coefficient (Wildman–Crippen LogP) is 0.345. The molecule has 0 bridgehead atoms. The van der Waals surface area contributed by atoms with Gasteiger partial charge in [-0.05, 0) is 19.5 Å². The summed E-state index contributed by atoms with van der Waals surface area (Å²) in [6.45, 7) is 7.89. The molecule has 0 saturated heterocycles. The van der Waals surface area contributed by atoms with E-state index in [0.717, 1.165) is 19.5 Å². The number of nitrogens with two attached hydrogens (primary N) is 1. The number of nitrogens with zero attached hydrogens (tertiary/aromatic N) is 1. The van der Waals surface area contributed by atoms with Gasteiger partial charge in [-0.15, -0.1) is 0 Å². The number of likely N-dealkylation sites (N-methyl/N-ethyl adjacent to an activating group) is 1. The zero-order chi connectivity index (χ0) is 11.2. The molecule has 4 nitrogen and oxygen atoms in total. The number of carbonyl (C=O) groups excluding carboxylic acids is 1. The summed E-state index contributed by atoms with van der Waals surface area (Å²) in [6, 6.07) is 0. The Balaban J connectivity index is 4.42. The van der Waals surface area contributed by atoms with Crippen LogP contribution in [0.1, 0.15) is 33.6 Å². The zero-order valence-corrected chi connectivity index (χ0v) is 9.42. The second kappa shape index (κ2) is 5.98. The van der Waals surface area contributed by atoms with Crippen molar-refractivity contribution < 1.29 is 9.90 Å². The molecule has 0 aliphatic heterocycles. The molecule has 0 aromatic carbocycles. The van der Waals surface area contributed by atoms with Gasteiger partial charge in [-0.2, -0.15) is 0 Å². The molecule has 0 rings (SSSR count). The van der Waals surface area contributed by atoms with Crippen LogP contribution < -0.4 is 5.73 Å². The maximum atomic E-state index is 11.1. The van der Waals surface area contributed by atoms with Gasteiger partial charge in [-0.3, -0.25) is 4.79 Å². The number of amides is 1. The maximum Gasteiger partial charge on any atom is 0.250 e. The van der Waals surface area contributed by atoms with Crippen LogP contribution in [0.2, 0.25) is 0 Å². The van der Waals surface area contributed by atoms with E-state index in [9.17, 15) is 9.90 Å². The van der Waals surface area contributed by atoms with Gasteiger partial charge < -0.3 is 15.7 Å². The van der Waals surface area contributed by atoms with E-state index in [1.165, 1.54) is 0 Å². The van der Waals surface area contributed by atoms with E-state index in [2.05, 4.69) is 0 Å². The van der Waals surface area contributed by atoms with Crippen LogP contribution in [0.15, 0.2) is 0 Å². The quantitative estimate of drug-likeness (QED) is 0.626. The molecule has 0 aliphatic carbocycles. The highest BCUT2D eigenvalue weighted by molar-refractivity contribution is 5.83. The highest BCUT2D eigenvalue weighted by Crippen LogP contribution is 2.14. The Morgan fingerprint density at radius 3 is 2.14 bits per heavy atom. The summed E-state index contributed by atoms with van der Waals surface area (Å²) in [5.41, 5.74) is 3.84. The molecule has 0 aromatic heterocycles. The normalized spacial score (nSPS) is 15.5. The summed E-state index contributed by atoms with van der Waals surface area (Å²) in [5, 5.41) is 10.0. The number of aliphatic hydroxyl groups is 1. The Bertz CT molecular complexity index is 181. The van der Waals surface area contributed by atoms with E-state index >= 15 is 0 Å². The molecular formula is C10H22N2O2. The zero-order valence-electron chi connectivity index (χ0n) is 9.42. The molecule has 0 spiro atoms. The molecule has 84 valence electrons. The van der Waals surface area contributed by atoms with E-state index in [-0.39, 0.29) is 0 Å². The van der Waals surface area contributed by atoms with Gasteiger partial charge in [0.2, 0.25) is 0 Å². The Morgan fingerprint density at radius 1 is 1.36 bits per heavy atom. The third-order valence-corrected chi connectivity index (χ3v) is 2.50. The number of rotatable bonds is 7. The van der Waals surface area contributed by atoms with E-state index in [1.54, 1.807) is 0 Å². The molecule has 0 aliphatic rings. The second-order valence-electron chi connectivity index (χ2n) is 3.61. The lowest BCUT2D eigenvalue weighted by Gasteiger charge is -2.30. The molecule has 4 heteroatoms. The van der Waals surface area contributed by atoms with Gasteiger partial charge in [0, 0.05) is 6.54 Å². The first-order chi connectivity index (χ1) is 6.50. The fourth-order valence-corrected chi connectivity index (χ4v) is 1.51. The van der Waals surface area contributed by atoms with Crippen LogP contribution in [0.5, 0.6) is 0 Å². The highest BCUT2D eigenvalue weighted by atomic mass is 16.3. The standard InChI is InChI=1S/C10H22N2O2/c1-4-7-10(14,9(11)13)8-12(5-2)6-3/h14H,4-8H2,1-3H3,(H2,11,13). The number of hydrogen-bond acceptors (Lipinski definition) is 3. The van der Waals surface area contributed by atoms with Crippen LogP contribution in [-0.4, -0.2) is 41.1 Å². The minimum atomic E-state index is -1.36. The van der Waals surface area contributed by atoms with Crippen molar-refractivity contribution >= 4 is 5.91 Å². The van der Waals surface area contributed by atoms with Gasteiger partial charge in [0.15, 0.2) is 5.60 Å². The molecule has 0 saturated carbocycles. The van der Waals surface area contributed by atoms with Crippen LogP contribution >= 0.6 is 0 Å². The summed E-state index contributed by atoms with van der Waals surface area (Å²) in [4.78, 5) is 13.1. The molecule has 0 radical (unpaired) electrons. The smallest absolute Gasteiger partial charge is 0.250 e. The van der Waals surface area contributed by atoms with Crippen LogP contribution in [-0.2, 0) is 4.79 Å². The lowest BCUT2D eigenvalue weighted by Crippen LogP contribution is -2.52. The third-order valence-electron chi connectivity index (χ3n) is 2.50. The van der Waals surface area contributed by atoms with E-state index in [0.29, 0.717) is 13.0 Å². The Kier molecular flexibility index (Phi) is 5.72. The second-order valence-corrected chi connectivity index (χ2v) is 3.61. The largest absolute Gasteiger partial charge is 0.379 e. The van der Waals surface area contributed by atoms with Crippen LogP contribution in [0, 0.1) is 0 Å². The molecule has 1 unspecified atom stereocenters. The summed E-state index contributed by atoms with van der Waals surface area (Å²) in [5.74, 6) is -0.619. The van der Waals surface area contributed by atoms with Crippen molar-refractivity contribution in [3.05, 3.63) is 0 Å². The van der Waals surface area contributed by atoms with Gasteiger partial charge in [-0.1, -0.05) is 27.2 Å². The summed E-state index contributed by atoms with van der Waals surface area (Å²) >= 11 is 0. The van der Waals surface area contributed by atoms with Crippen molar-refractivity contribution in [1.29, 1.82) is 0 Å². The molecule has 1 atom stereocenters. The summed E-state index contributed by atoms with van der Waals surface area (Å²) in [7, 11) is 0. The Morgan fingerprint density at radius 2 is 1.86 bits per heavy atom. The van der Waals surface area contributed by atoms with Gasteiger partial charge in [0.25, 0.3) is 5.91 Å². The number of primary amides is 1.